The van der Waals surface area contributed by atoms with E-state index < -0.39 is 12.2 Å². The fourth-order valence-electron chi connectivity index (χ4n) is 4.42. The first-order valence-corrected chi connectivity index (χ1v) is 10.5. The summed E-state index contributed by atoms with van der Waals surface area (Å²) in [7, 11) is 0. The number of fused-ring (bicyclic) bond motifs is 1. The van der Waals surface area contributed by atoms with E-state index in [2.05, 4.69) is 15.5 Å². The molecule has 0 aliphatic carbocycles. The normalized spacial score (nSPS) is 24.0. The van der Waals surface area contributed by atoms with Crippen molar-refractivity contribution >= 4 is 11.7 Å². The van der Waals surface area contributed by atoms with Gasteiger partial charge in [0.25, 0.3) is 0 Å². The van der Waals surface area contributed by atoms with Crippen molar-refractivity contribution in [3.8, 4) is 0 Å². The highest BCUT2D eigenvalue weighted by Crippen LogP contribution is 2.42. The van der Waals surface area contributed by atoms with E-state index in [4.69, 9.17) is 0 Å². The highest BCUT2D eigenvalue weighted by atomic mass is 19.4. The zero-order valence-corrected chi connectivity index (χ0v) is 17.2. The molecule has 1 N–H and O–H groups in total. The molecule has 4 rings (SSSR count). The summed E-state index contributed by atoms with van der Waals surface area (Å²) >= 11 is 0. The molecule has 10 heteroatoms. The Morgan fingerprint density at radius 3 is 2.83 bits per heavy atom. The van der Waals surface area contributed by atoms with Gasteiger partial charge in [0.05, 0.1) is 17.9 Å². The Bertz CT molecular complexity index is 905. The number of nitrogens with zero attached hydrogens (tertiary/aromatic N) is 5. The molecule has 2 aromatic rings. The van der Waals surface area contributed by atoms with Gasteiger partial charge in [-0.3, -0.25) is 9.48 Å². The van der Waals surface area contributed by atoms with Gasteiger partial charge < -0.3 is 10.2 Å². The van der Waals surface area contributed by atoms with Crippen LogP contribution in [-0.4, -0.2) is 49.1 Å². The molecule has 1 fully saturated rings. The molecule has 2 aliphatic heterocycles. The highest BCUT2D eigenvalue weighted by molar-refractivity contribution is 5.77. The summed E-state index contributed by atoms with van der Waals surface area (Å²) in [6, 6.07) is -0.479. The molecule has 0 aromatic carbocycles. The molecule has 1 amide bonds. The predicted octanol–water partition coefficient (Wildman–Crippen LogP) is 3.84. The maximum absolute atomic E-state index is 13.6. The predicted molar refractivity (Wildman–Crippen MR) is 105 cm³/mol. The van der Waals surface area contributed by atoms with Crippen LogP contribution < -0.4 is 5.32 Å². The molecule has 30 heavy (non-hydrogen) atoms. The summed E-state index contributed by atoms with van der Waals surface area (Å²) in [6.45, 7) is 4.88. The Morgan fingerprint density at radius 2 is 2.17 bits per heavy atom. The molecule has 1 saturated heterocycles. The number of aromatic nitrogens is 4. The number of alkyl halides is 3. The molecule has 7 nitrogen and oxygen atoms in total. The number of amides is 1. The fraction of sp³-hybridized carbons (Fsp3) is 0.650. The smallest absolute Gasteiger partial charge is 0.367 e. The number of likely N-dealkylation sites (tertiary alicyclic amines) is 1. The van der Waals surface area contributed by atoms with Gasteiger partial charge in [-0.2, -0.15) is 23.4 Å². The Morgan fingerprint density at radius 1 is 1.37 bits per heavy atom. The molecular formula is C20H27F3N6O. The highest BCUT2D eigenvalue weighted by Gasteiger charge is 2.46. The average molecular weight is 424 g/mol. The van der Waals surface area contributed by atoms with Crippen molar-refractivity contribution in [2.24, 2.45) is 0 Å². The summed E-state index contributed by atoms with van der Waals surface area (Å²) in [5, 5.41) is 11.7. The van der Waals surface area contributed by atoms with E-state index in [0.717, 1.165) is 16.7 Å². The zero-order chi connectivity index (χ0) is 21.5. The molecule has 0 spiro atoms. The van der Waals surface area contributed by atoms with Gasteiger partial charge >= 0.3 is 6.18 Å². The van der Waals surface area contributed by atoms with Crippen LogP contribution in [0.25, 0.3) is 0 Å². The molecule has 164 valence electrons. The lowest BCUT2D eigenvalue weighted by Gasteiger charge is -2.32. The second kappa shape index (κ2) is 7.96. The van der Waals surface area contributed by atoms with Crippen LogP contribution in [0.4, 0.5) is 19.0 Å². The van der Waals surface area contributed by atoms with Gasteiger partial charge in [0, 0.05) is 37.8 Å². The van der Waals surface area contributed by atoms with Crippen molar-refractivity contribution in [1.82, 2.24) is 24.5 Å². The SMILES string of the molecule is CC[C@@H]1C[C@H](C(F)(F)F)n2nc(C3CCCN3C(=O)CCn3cc(C)cn3)cc2N1. The average Bonchev–Trinajstić information content (AvgIpc) is 3.42. The molecule has 0 radical (unpaired) electrons. The van der Waals surface area contributed by atoms with Crippen LogP contribution in [0, 0.1) is 6.92 Å². The van der Waals surface area contributed by atoms with E-state index in [1.54, 1.807) is 21.8 Å². The number of carbonyl (C=O) groups excluding carboxylic acids is 1. The largest absolute Gasteiger partial charge is 0.410 e. The van der Waals surface area contributed by atoms with E-state index >= 15 is 0 Å². The number of anilines is 1. The Labute approximate surface area is 173 Å². The minimum atomic E-state index is -4.36. The van der Waals surface area contributed by atoms with Crippen LogP contribution >= 0.6 is 0 Å². The quantitative estimate of drug-likeness (QED) is 0.792. The van der Waals surface area contributed by atoms with E-state index in [9.17, 15) is 18.0 Å². The molecule has 1 unspecified atom stereocenters. The second-order valence-electron chi connectivity index (χ2n) is 8.22. The molecule has 4 heterocycles. The number of rotatable bonds is 5. The Kier molecular flexibility index (Phi) is 5.50. The van der Waals surface area contributed by atoms with Crippen LogP contribution in [0.15, 0.2) is 18.5 Å². The lowest BCUT2D eigenvalue weighted by molar-refractivity contribution is -0.173. The standard InChI is InChI=1S/C20H27F3N6O/c1-3-14-9-17(20(21,22)23)29-18(25-14)10-15(26-29)16-5-4-7-28(16)19(30)6-8-27-12-13(2)11-24-27/h10-12,14,16-17,25H,3-9H2,1-2H3/t14-,16?,17-/m1/s1. The summed E-state index contributed by atoms with van der Waals surface area (Å²) in [4.78, 5) is 14.6. The minimum Gasteiger partial charge on any atom is -0.367 e. The first kappa shape index (κ1) is 20.7. The van der Waals surface area contributed by atoms with Gasteiger partial charge in [0.15, 0.2) is 6.04 Å². The van der Waals surface area contributed by atoms with E-state index in [0.29, 0.717) is 43.9 Å². The van der Waals surface area contributed by atoms with Crippen molar-refractivity contribution in [1.29, 1.82) is 0 Å². The lowest BCUT2D eigenvalue weighted by atomic mass is 10.0. The van der Waals surface area contributed by atoms with Crippen molar-refractivity contribution in [3.05, 3.63) is 29.7 Å². The van der Waals surface area contributed by atoms with Crippen molar-refractivity contribution < 1.29 is 18.0 Å². The van der Waals surface area contributed by atoms with Gasteiger partial charge in [0.2, 0.25) is 5.91 Å². The van der Waals surface area contributed by atoms with Crippen molar-refractivity contribution in [3.63, 3.8) is 0 Å². The number of nitrogens with one attached hydrogen (secondary N) is 1. The fourth-order valence-corrected chi connectivity index (χ4v) is 4.42. The number of halogens is 3. The summed E-state index contributed by atoms with van der Waals surface area (Å²) in [5.41, 5.74) is 1.56. The van der Waals surface area contributed by atoms with Crippen LogP contribution in [-0.2, 0) is 11.3 Å². The number of carbonyl (C=O) groups is 1. The molecular weight excluding hydrogens is 397 g/mol. The number of aryl methyl sites for hydroxylation is 2. The zero-order valence-electron chi connectivity index (χ0n) is 17.2. The van der Waals surface area contributed by atoms with E-state index in [-0.39, 0.29) is 24.4 Å². The van der Waals surface area contributed by atoms with Crippen molar-refractivity contribution in [2.75, 3.05) is 11.9 Å². The maximum Gasteiger partial charge on any atom is 0.410 e. The molecule has 0 bridgehead atoms. The molecule has 2 aromatic heterocycles. The third kappa shape index (κ3) is 4.04. The minimum absolute atomic E-state index is 0.0246. The second-order valence-corrected chi connectivity index (χ2v) is 8.22. The lowest BCUT2D eigenvalue weighted by Crippen LogP contribution is -2.39. The first-order valence-electron chi connectivity index (χ1n) is 10.5. The number of hydrogen-bond acceptors (Lipinski definition) is 4. The van der Waals surface area contributed by atoms with Crippen LogP contribution in [0.2, 0.25) is 0 Å². The third-order valence-electron chi connectivity index (χ3n) is 6.01. The molecule has 0 saturated carbocycles. The molecule has 2 aliphatic rings. The van der Waals surface area contributed by atoms with Crippen LogP contribution in [0.3, 0.4) is 0 Å². The van der Waals surface area contributed by atoms with Gasteiger partial charge in [-0.1, -0.05) is 6.92 Å². The van der Waals surface area contributed by atoms with Gasteiger partial charge in [-0.15, -0.1) is 0 Å². The summed E-state index contributed by atoms with van der Waals surface area (Å²) in [6.07, 6.45) is 1.65. The van der Waals surface area contributed by atoms with Crippen LogP contribution in [0.1, 0.15) is 62.4 Å². The number of hydrogen-bond donors (Lipinski definition) is 1. The topological polar surface area (TPSA) is 68.0 Å². The van der Waals surface area contributed by atoms with Crippen molar-refractivity contribution in [2.45, 2.75) is 76.8 Å². The Hall–Kier alpha value is -2.52. The van der Waals surface area contributed by atoms with Crippen LogP contribution in [0.5, 0.6) is 0 Å². The van der Waals surface area contributed by atoms with Gasteiger partial charge in [-0.25, -0.2) is 4.68 Å². The monoisotopic (exact) mass is 424 g/mol. The van der Waals surface area contributed by atoms with Gasteiger partial charge in [0.1, 0.15) is 5.82 Å². The first-order chi connectivity index (χ1) is 14.3. The summed E-state index contributed by atoms with van der Waals surface area (Å²) in [5.74, 6) is 0.361. The molecule has 3 atom stereocenters. The third-order valence-corrected chi connectivity index (χ3v) is 6.01. The van der Waals surface area contributed by atoms with E-state index in [1.807, 2.05) is 20.0 Å². The van der Waals surface area contributed by atoms with Gasteiger partial charge in [-0.05, 0) is 38.2 Å². The van der Waals surface area contributed by atoms with E-state index in [1.165, 1.54) is 0 Å². The summed E-state index contributed by atoms with van der Waals surface area (Å²) < 4.78 is 43.7. The Balaban J connectivity index is 1.52. The maximum atomic E-state index is 13.6.